The van der Waals surface area contributed by atoms with Crippen LogP contribution in [-0.4, -0.2) is 49.7 Å². The molecule has 10 heteroatoms. The standard InChI is InChI=1S/C24H22ClN5O4/c1-13(31)29-6-4-16(5-7-29)30-12-15(10-28-30)19-11-27-23(26)22-17(19)9-21(34-22)14-2-3-20(25)18(8-14)24(32)33/h2-3,8-12,16H,4-7H2,1H3,(H2,26,27)(H,32,33). The maximum atomic E-state index is 11.6. The highest BCUT2D eigenvalue weighted by molar-refractivity contribution is 6.33. The Morgan fingerprint density at radius 1 is 1.18 bits per heavy atom. The molecule has 0 spiro atoms. The van der Waals surface area contributed by atoms with Crippen molar-refractivity contribution in [3.63, 3.8) is 0 Å². The third kappa shape index (κ3) is 3.88. The first kappa shape index (κ1) is 22.0. The number of hydrogen-bond donors (Lipinski definition) is 2. The van der Waals surface area contributed by atoms with Crippen LogP contribution in [0.5, 0.6) is 0 Å². The predicted molar refractivity (Wildman–Crippen MR) is 128 cm³/mol. The van der Waals surface area contributed by atoms with Crippen molar-refractivity contribution in [1.82, 2.24) is 19.7 Å². The smallest absolute Gasteiger partial charge is 0.337 e. The van der Waals surface area contributed by atoms with E-state index in [2.05, 4.69) is 10.1 Å². The summed E-state index contributed by atoms with van der Waals surface area (Å²) in [4.78, 5) is 29.2. The number of benzene rings is 1. The van der Waals surface area contributed by atoms with Crippen molar-refractivity contribution >= 4 is 40.3 Å². The SMILES string of the molecule is CC(=O)N1CCC(n2cc(-c3cnc(N)c4oc(-c5ccc(Cl)c(C(=O)O)c5)cc34)cn2)CC1. The summed E-state index contributed by atoms with van der Waals surface area (Å²) in [5.74, 6) is -0.325. The second-order valence-electron chi connectivity index (χ2n) is 8.36. The number of nitrogens with two attached hydrogens (primary N) is 1. The van der Waals surface area contributed by atoms with Crippen molar-refractivity contribution in [3.8, 4) is 22.5 Å². The number of piperidine rings is 1. The Morgan fingerprint density at radius 3 is 2.65 bits per heavy atom. The van der Waals surface area contributed by atoms with Crippen LogP contribution in [0, 0.1) is 0 Å². The van der Waals surface area contributed by atoms with Gasteiger partial charge < -0.3 is 20.2 Å². The van der Waals surface area contributed by atoms with Gasteiger partial charge in [0.15, 0.2) is 11.4 Å². The van der Waals surface area contributed by atoms with Gasteiger partial charge in [-0.25, -0.2) is 9.78 Å². The molecule has 0 aliphatic carbocycles. The van der Waals surface area contributed by atoms with Gasteiger partial charge in [0, 0.05) is 54.5 Å². The van der Waals surface area contributed by atoms with Crippen LogP contribution in [0.3, 0.4) is 0 Å². The number of pyridine rings is 1. The summed E-state index contributed by atoms with van der Waals surface area (Å²) in [6.07, 6.45) is 7.11. The maximum Gasteiger partial charge on any atom is 0.337 e. The Bertz CT molecular complexity index is 1420. The fraction of sp³-hybridized carbons (Fsp3) is 0.250. The highest BCUT2D eigenvalue weighted by atomic mass is 35.5. The molecule has 4 aromatic rings. The van der Waals surface area contributed by atoms with Crippen LogP contribution in [0.4, 0.5) is 5.82 Å². The minimum Gasteiger partial charge on any atom is -0.478 e. The molecule has 34 heavy (non-hydrogen) atoms. The fourth-order valence-corrected chi connectivity index (χ4v) is 4.58. The van der Waals surface area contributed by atoms with E-state index in [4.69, 9.17) is 21.8 Å². The highest BCUT2D eigenvalue weighted by Crippen LogP contribution is 2.37. The Balaban J connectivity index is 1.50. The molecule has 1 aliphatic heterocycles. The molecule has 1 aliphatic rings. The lowest BCUT2D eigenvalue weighted by Gasteiger charge is -2.31. The average molecular weight is 480 g/mol. The van der Waals surface area contributed by atoms with Crippen LogP contribution in [-0.2, 0) is 4.79 Å². The number of nitrogens with zero attached hydrogens (tertiary/aromatic N) is 4. The van der Waals surface area contributed by atoms with E-state index in [1.807, 2.05) is 21.8 Å². The van der Waals surface area contributed by atoms with Gasteiger partial charge in [0.25, 0.3) is 0 Å². The molecule has 0 atom stereocenters. The monoisotopic (exact) mass is 479 g/mol. The van der Waals surface area contributed by atoms with E-state index in [0.29, 0.717) is 30.0 Å². The molecular weight excluding hydrogens is 458 g/mol. The number of nitrogen functional groups attached to an aromatic ring is 1. The summed E-state index contributed by atoms with van der Waals surface area (Å²) in [6, 6.07) is 6.72. The van der Waals surface area contributed by atoms with Gasteiger partial charge in [0.05, 0.1) is 22.8 Å². The zero-order valence-corrected chi connectivity index (χ0v) is 19.1. The lowest BCUT2D eigenvalue weighted by Crippen LogP contribution is -2.37. The molecule has 9 nitrogen and oxygen atoms in total. The molecule has 0 saturated carbocycles. The number of furan rings is 1. The molecule has 174 valence electrons. The quantitative estimate of drug-likeness (QED) is 0.441. The molecule has 0 radical (unpaired) electrons. The van der Waals surface area contributed by atoms with Crippen LogP contribution in [0.2, 0.25) is 5.02 Å². The second kappa shape index (κ2) is 8.49. The molecule has 4 heterocycles. The van der Waals surface area contributed by atoms with Crippen LogP contribution in [0.1, 0.15) is 36.2 Å². The molecule has 1 amide bonds. The molecule has 3 N–H and O–H groups in total. The first-order valence-corrected chi connectivity index (χ1v) is 11.2. The van der Waals surface area contributed by atoms with Gasteiger partial charge in [-0.05, 0) is 37.1 Å². The average Bonchev–Trinajstić information content (AvgIpc) is 3.48. The molecule has 0 unspecified atom stereocenters. The second-order valence-corrected chi connectivity index (χ2v) is 8.76. The number of aromatic carboxylic acids is 1. The van der Waals surface area contributed by atoms with Crippen molar-refractivity contribution in [2.45, 2.75) is 25.8 Å². The molecule has 0 bridgehead atoms. The van der Waals surface area contributed by atoms with E-state index < -0.39 is 5.97 Å². The van der Waals surface area contributed by atoms with Gasteiger partial charge in [0.1, 0.15) is 5.76 Å². The van der Waals surface area contributed by atoms with Gasteiger partial charge in [-0.15, -0.1) is 0 Å². The number of carbonyl (C=O) groups is 2. The summed E-state index contributed by atoms with van der Waals surface area (Å²) in [7, 11) is 0. The lowest BCUT2D eigenvalue weighted by atomic mass is 10.0. The van der Waals surface area contributed by atoms with E-state index in [9.17, 15) is 14.7 Å². The molecule has 1 saturated heterocycles. The summed E-state index contributed by atoms with van der Waals surface area (Å²) in [5, 5.41) is 14.9. The predicted octanol–water partition coefficient (Wildman–Crippen LogP) is 4.48. The maximum absolute atomic E-state index is 11.6. The van der Waals surface area contributed by atoms with Crippen LogP contribution < -0.4 is 5.73 Å². The van der Waals surface area contributed by atoms with Crippen LogP contribution >= 0.6 is 11.6 Å². The third-order valence-electron chi connectivity index (χ3n) is 6.27. The van der Waals surface area contributed by atoms with Gasteiger partial charge in [-0.2, -0.15) is 5.10 Å². The molecule has 1 fully saturated rings. The number of carbonyl (C=O) groups excluding carboxylic acids is 1. The number of fused-ring (bicyclic) bond motifs is 1. The summed E-state index contributed by atoms with van der Waals surface area (Å²) in [5.41, 5.74) is 8.72. The number of anilines is 1. The Morgan fingerprint density at radius 2 is 1.94 bits per heavy atom. The van der Waals surface area contributed by atoms with Crippen molar-refractivity contribution in [2.24, 2.45) is 0 Å². The number of rotatable bonds is 4. The van der Waals surface area contributed by atoms with Gasteiger partial charge in [-0.3, -0.25) is 9.48 Å². The summed E-state index contributed by atoms with van der Waals surface area (Å²) in [6.45, 7) is 3.03. The Kier molecular flexibility index (Phi) is 5.49. The number of amides is 1. The van der Waals surface area contributed by atoms with E-state index in [-0.39, 0.29) is 28.4 Å². The fourth-order valence-electron chi connectivity index (χ4n) is 4.38. The summed E-state index contributed by atoms with van der Waals surface area (Å²) >= 11 is 6.01. The molecular formula is C24H22ClN5O4. The lowest BCUT2D eigenvalue weighted by molar-refractivity contribution is -0.130. The topological polar surface area (TPSA) is 127 Å². The first-order valence-electron chi connectivity index (χ1n) is 10.8. The summed E-state index contributed by atoms with van der Waals surface area (Å²) < 4.78 is 7.93. The molecule has 3 aromatic heterocycles. The highest BCUT2D eigenvalue weighted by Gasteiger charge is 2.23. The minimum absolute atomic E-state index is 0.0111. The number of carboxylic acid groups (broad SMARTS) is 1. The van der Waals surface area contributed by atoms with Gasteiger partial charge >= 0.3 is 5.97 Å². The number of hydrogen-bond acceptors (Lipinski definition) is 6. The van der Waals surface area contributed by atoms with Gasteiger partial charge in [0.2, 0.25) is 5.91 Å². The van der Waals surface area contributed by atoms with Crippen molar-refractivity contribution in [1.29, 1.82) is 0 Å². The number of aromatic nitrogens is 3. The van der Waals surface area contributed by atoms with E-state index in [1.54, 1.807) is 25.4 Å². The van der Waals surface area contributed by atoms with Gasteiger partial charge in [-0.1, -0.05) is 11.6 Å². The van der Waals surface area contributed by atoms with E-state index in [0.717, 1.165) is 29.4 Å². The largest absolute Gasteiger partial charge is 0.478 e. The van der Waals surface area contributed by atoms with Crippen LogP contribution in [0.15, 0.2) is 47.3 Å². The normalized spacial score (nSPS) is 14.6. The Labute approximate surface area is 199 Å². The zero-order valence-electron chi connectivity index (χ0n) is 18.4. The van der Waals surface area contributed by atoms with Crippen molar-refractivity contribution in [2.75, 3.05) is 18.8 Å². The molecule has 5 rings (SSSR count). The number of carboxylic acids is 1. The third-order valence-corrected chi connectivity index (χ3v) is 6.59. The van der Waals surface area contributed by atoms with E-state index >= 15 is 0 Å². The van der Waals surface area contributed by atoms with Crippen molar-refractivity contribution < 1.29 is 19.1 Å². The molecule has 1 aromatic carbocycles. The van der Waals surface area contributed by atoms with E-state index in [1.165, 1.54) is 12.1 Å². The minimum atomic E-state index is -1.12. The van der Waals surface area contributed by atoms with Crippen molar-refractivity contribution in [3.05, 3.63) is 53.4 Å². The zero-order chi connectivity index (χ0) is 24.0. The van der Waals surface area contributed by atoms with Crippen LogP contribution in [0.25, 0.3) is 33.4 Å². The number of halogens is 1. The first-order chi connectivity index (χ1) is 16.3. The Hall–Kier alpha value is -3.85. The number of likely N-dealkylation sites (tertiary alicyclic amines) is 1.